The molecule has 0 N–H and O–H groups in total. The van der Waals surface area contributed by atoms with Gasteiger partial charge in [-0.3, -0.25) is 0 Å². The van der Waals surface area contributed by atoms with E-state index in [1.165, 1.54) is 125 Å². The van der Waals surface area contributed by atoms with Gasteiger partial charge in [0.25, 0.3) is 0 Å². The predicted octanol–water partition coefficient (Wildman–Crippen LogP) is 10.7. The average Bonchev–Trinajstić information content (AvgIpc) is 2.82. The highest BCUT2D eigenvalue weighted by Crippen LogP contribution is 2.48. The first-order valence-corrected chi connectivity index (χ1v) is 14.3. The number of ether oxygens (including phenoxy) is 1. The van der Waals surface area contributed by atoms with Gasteiger partial charge in [0, 0.05) is 0 Å². The molecule has 0 amide bonds. The van der Waals surface area contributed by atoms with Gasteiger partial charge in [-0.1, -0.05) is 139 Å². The molecule has 0 saturated heterocycles. The number of unbranched alkanes of at least 4 members (excludes halogenated alkanes) is 15. The minimum absolute atomic E-state index is 0.990. The van der Waals surface area contributed by atoms with Crippen LogP contribution in [0.4, 0.5) is 0 Å². The second kappa shape index (κ2) is 15.4. The van der Waals surface area contributed by atoms with Crippen LogP contribution in [0.5, 0.6) is 11.5 Å². The Morgan fingerprint density at radius 1 is 0.562 bits per heavy atom. The maximum absolute atomic E-state index is 6.13. The SMILES string of the molecule is CCCCCCCCCCCCCCCCCCc1cccc2c1Sc1ccccc1O2. The van der Waals surface area contributed by atoms with Gasteiger partial charge in [0.15, 0.2) is 0 Å². The maximum atomic E-state index is 6.13. The Balaban J connectivity index is 1.18. The molecule has 0 unspecified atom stereocenters. The van der Waals surface area contributed by atoms with Crippen molar-refractivity contribution in [3.05, 3.63) is 48.0 Å². The topological polar surface area (TPSA) is 9.23 Å². The lowest BCUT2D eigenvalue weighted by molar-refractivity contribution is 0.452. The molecule has 2 aromatic rings. The van der Waals surface area contributed by atoms with E-state index in [0.29, 0.717) is 0 Å². The summed E-state index contributed by atoms with van der Waals surface area (Å²) in [5, 5.41) is 0. The van der Waals surface area contributed by atoms with Gasteiger partial charge in [-0.25, -0.2) is 0 Å². The Morgan fingerprint density at radius 2 is 1.09 bits per heavy atom. The molecule has 0 aliphatic carbocycles. The second-order valence-corrected chi connectivity index (χ2v) is 10.5. The molecule has 1 aliphatic heterocycles. The summed E-state index contributed by atoms with van der Waals surface area (Å²) >= 11 is 1.87. The highest BCUT2D eigenvalue weighted by molar-refractivity contribution is 7.99. The molecule has 0 radical (unpaired) electrons. The third-order valence-corrected chi connectivity index (χ3v) is 7.87. The predicted molar refractivity (Wildman–Crippen MR) is 140 cm³/mol. The molecule has 2 aromatic carbocycles. The van der Waals surface area contributed by atoms with E-state index in [4.69, 9.17) is 4.74 Å². The summed E-state index contributed by atoms with van der Waals surface area (Å²) in [5.41, 5.74) is 1.45. The van der Waals surface area contributed by atoms with Crippen molar-refractivity contribution in [2.24, 2.45) is 0 Å². The van der Waals surface area contributed by atoms with Gasteiger partial charge in [0.05, 0.1) is 9.79 Å². The molecule has 0 bridgehead atoms. The van der Waals surface area contributed by atoms with Crippen LogP contribution < -0.4 is 4.74 Å². The Labute approximate surface area is 201 Å². The molecule has 32 heavy (non-hydrogen) atoms. The minimum atomic E-state index is 0.990. The van der Waals surface area contributed by atoms with Crippen LogP contribution in [0, 0.1) is 0 Å². The highest BCUT2D eigenvalue weighted by atomic mass is 32.2. The minimum Gasteiger partial charge on any atom is -0.455 e. The number of benzene rings is 2. The fourth-order valence-corrected chi connectivity index (χ4v) is 5.75. The zero-order valence-corrected chi connectivity index (χ0v) is 21.2. The molecular formula is C30H44OS. The Bertz CT molecular complexity index is 769. The van der Waals surface area contributed by atoms with E-state index < -0.39 is 0 Å². The van der Waals surface area contributed by atoms with Gasteiger partial charge in [-0.15, -0.1) is 0 Å². The average molecular weight is 453 g/mol. The number of para-hydroxylation sites is 1. The number of aryl methyl sites for hydroxylation is 1. The van der Waals surface area contributed by atoms with Crippen LogP contribution in [0.2, 0.25) is 0 Å². The van der Waals surface area contributed by atoms with Crippen molar-refractivity contribution >= 4 is 11.8 Å². The second-order valence-electron chi connectivity index (χ2n) is 9.45. The Hall–Kier alpha value is -1.41. The standard InChI is InChI=1S/C30H44OS/c1-2-3-4-5-6-7-8-9-10-11-12-13-14-15-16-17-21-26-22-20-24-28-30(26)32-29-25-19-18-23-27(29)31-28/h18-20,22-25H,2-17,21H2,1H3. The van der Waals surface area contributed by atoms with Crippen LogP contribution in [-0.2, 0) is 6.42 Å². The van der Waals surface area contributed by atoms with E-state index in [1.807, 2.05) is 17.8 Å². The van der Waals surface area contributed by atoms with Gasteiger partial charge in [0.2, 0.25) is 0 Å². The van der Waals surface area contributed by atoms with Gasteiger partial charge < -0.3 is 4.74 Å². The Morgan fingerprint density at radius 3 is 1.72 bits per heavy atom. The van der Waals surface area contributed by atoms with E-state index >= 15 is 0 Å². The molecule has 0 spiro atoms. The quantitative estimate of drug-likeness (QED) is 0.188. The molecule has 1 nitrogen and oxygen atoms in total. The number of hydrogen-bond donors (Lipinski definition) is 0. The zero-order chi connectivity index (χ0) is 22.3. The van der Waals surface area contributed by atoms with Gasteiger partial charge in [-0.05, 0) is 36.6 Å². The van der Waals surface area contributed by atoms with Crippen LogP contribution in [-0.4, -0.2) is 0 Å². The highest BCUT2D eigenvalue weighted by Gasteiger charge is 2.19. The summed E-state index contributed by atoms with van der Waals surface area (Å²) in [7, 11) is 0. The van der Waals surface area contributed by atoms with E-state index in [-0.39, 0.29) is 0 Å². The zero-order valence-electron chi connectivity index (χ0n) is 20.4. The number of hydrogen-bond acceptors (Lipinski definition) is 2. The fraction of sp³-hybridized carbons (Fsp3) is 0.600. The number of fused-ring (bicyclic) bond motifs is 2. The van der Waals surface area contributed by atoms with Crippen LogP contribution >= 0.6 is 11.8 Å². The van der Waals surface area contributed by atoms with Crippen LogP contribution in [0.25, 0.3) is 0 Å². The summed E-state index contributed by atoms with van der Waals surface area (Å²) in [4.78, 5) is 2.56. The van der Waals surface area contributed by atoms with Crippen molar-refractivity contribution in [1.29, 1.82) is 0 Å². The summed E-state index contributed by atoms with van der Waals surface area (Å²) in [5.74, 6) is 2.02. The molecule has 1 heterocycles. The molecule has 0 fully saturated rings. The van der Waals surface area contributed by atoms with Crippen LogP contribution in [0.1, 0.15) is 115 Å². The number of rotatable bonds is 17. The Kier molecular flexibility index (Phi) is 12.2. The van der Waals surface area contributed by atoms with E-state index in [1.54, 1.807) is 0 Å². The first kappa shape index (κ1) is 25.2. The molecule has 0 atom stereocenters. The molecule has 0 saturated carbocycles. The van der Waals surface area contributed by atoms with Crippen molar-refractivity contribution in [2.45, 2.75) is 126 Å². The van der Waals surface area contributed by atoms with Gasteiger partial charge >= 0.3 is 0 Å². The monoisotopic (exact) mass is 452 g/mol. The van der Waals surface area contributed by atoms with Crippen LogP contribution in [0.15, 0.2) is 52.3 Å². The third-order valence-electron chi connectivity index (χ3n) is 6.64. The van der Waals surface area contributed by atoms with Crippen molar-refractivity contribution in [3.8, 4) is 11.5 Å². The fourth-order valence-electron chi connectivity index (χ4n) is 4.67. The van der Waals surface area contributed by atoms with E-state index in [0.717, 1.165) is 11.5 Å². The molecule has 176 valence electrons. The summed E-state index contributed by atoms with van der Waals surface area (Å²) in [6.07, 6.45) is 23.9. The lowest BCUT2D eigenvalue weighted by Gasteiger charge is -2.21. The first-order chi connectivity index (χ1) is 15.9. The lowest BCUT2D eigenvalue weighted by atomic mass is 10.0. The molecule has 2 heteroatoms. The lowest BCUT2D eigenvalue weighted by Crippen LogP contribution is -1.98. The maximum Gasteiger partial charge on any atom is 0.141 e. The van der Waals surface area contributed by atoms with Crippen molar-refractivity contribution < 1.29 is 4.74 Å². The van der Waals surface area contributed by atoms with Crippen molar-refractivity contribution in [3.63, 3.8) is 0 Å². The van der Waals surface area contributed by atoms with Crippen LogP contribution in [0.3, 0.4) is 0 Å². The normalized spacial score (nSPS) is 12.3. The summed E-state index contributed by atoms with van der Waals surface area (Å²) < 4.78 is 6.13. The van der Waals surface area contributed by atoms with Crippen molar-refractivity contribution in [2.75, 3.05) is 0 Å². The smallest absolute Gasteiger partial charge is 0.141 e. The first-order valence-electron chi connectivity index (χ1n) is 13.4. The third kappa shape index (κ3) is 8.85. The van der Waals surface area contributed by atoms with Gasteiger partial charge in [-0.2, -0.15) is 0 Å². The van der Waals surface area contributed by atoms with Crippen molar-refractivity contribution in [1.82, 2.24) is 0 Å². The molecule has 1 aliphatic rings. The largest absolute Gasteiger partial charge is 0.455 e. The molecule has 3 rings (SSSR count). The molecule has 0 aromatic heterocycles. The summed E-state index contributed by atoms with van der Waals surface area (Å²) in [6.45, 7) is 2.30. The molecular weight excluding hydrogens is 408 g/mol. The summed E-state index contributed by atoms with van der Waals surface area (Å²) in [6, 6.07) is 14.9. The van der Waals surface area contributed by atoms with E-state index in [2.05, 4.69) is 43.3 Å². The van der Waals surface area contributed by atoms with Gasteiger partial charge in [0.1, 0.15) is 11.5 Å². The van der Waals surface area contributed by atoms with E-state index in [9.17, 15) is 0 Å².